The SMILES string of the molecule is CC1CCC(CN(C)C(C)(C)C(=O)O)CC1. The highest BCUT2D eigenvalue weighted by Crippen LogP contribution is 2.29. The van der Waals surface area contributed by atoms with Crippen LogP contribution in [0.5, 0.6) is 0 Å². The molecule has 3 heteroatoms. The van der Waals surface area contributed by atoms with Crippen molar-refractivity contribution in [2.24, 2.45) is 11.8 Å². The minimum Gasteiger partial charge on any atom is -0.480 e. The second-order valence-electron chi connectivity index (χ2n) is 5.87. The van der Waals surface area contributed by atoms with Crippen molar-refractivity contribution < 1.29 is 9.90 Å². The Morgan fingerprint density at radius 3 is 2.25 bits per heavy atom. The van der Waals surface area contributed by atoms with E-state index in [0.29, 0.717) is 5.92 Å². The molecule has 1 N–H and O–H groups in total. The largest absolute Gasteiger partial charge is 0.480 e. The standard InChI is InChI=1S/C13H25NO2/c1-10-5-7-11(8-6-10)9-14(4)13(2,3)12(15)16/h10-11H,5-9H2,1-4H3,(H,15,16). The summed E-state index contributed by atoms with van der Waals surface area (Å²) in [5.74, 6) is 0.799. The summed E-state index contributed by atoms with van der Waals surface area (Å²) in [5, 5.41) is 9.14. The molecule has 1 aliphatic rings. The molecule has 16 heavy (non-hydrogen) atoms. The van der Waals surface area contributed by atoms with Crippen LogP contribution in [-0.4, -0.2) is 35.1 Å². The predicted molar refractivity (Wildman–Crippen MR) is 65.5 cm³/mol. The lowest BCUT2D eigenvalue weighted by molar-refractivity contribution is -0.148. The van der Waals surface area contributed by atoms with Crippen LogP contribution in [0.3, 0.4) is 0 Å². The van der Waals surface area contributed by atoms with Crippen molar-refractivity contribution in [3.05, 3.63) is 0 Å². The fourth-order valence-electron chi connectivity index (χ4n) is 2.29. The van der Waals surface area contributed by atoms with E-state index in [-0.39, 0.29) is 0 Å². The number of hydrogen-bond donors (Lipinski definition) is 1. The molecule has 1 saturated carbocycles. The Hall–Kier alpha value is -0.570. The molecule has 0 aliphatic heterocycles. The van der Waals surface area contributed by atoms with Crippen molar-refractivity contribution in [1.82, 2.24) is 4.90 Å². The van der Waals surface area contributed by atoms with Gasteiger partial charge in [-0.25, -0.2) is 0 Å². The summed E-state index contributed by atoms with van der Waals surface area (Å²) in [4.78, 5) is 13.1. The summed E-state index contributed by atoms with van der Waals surface area (Å²) in [5.41, 5.74) is -0.747. The minimum absolute atomic E-state index is 0.680. The van der Waals surface area contributed by atoms with Gasteiger partial charge in [0.1, 0.15) is 5.54 Å². The lowest BCUT2D eigenvalue weighted by Crippen LogP contribution is -2.49. The first-order valence-corrected chi connectivity index (χ1v) is 6.28. The molecule has 0 heterocycles. The maximum absolute atomic E-state index is 11.1. The number of aliphatic carboxylic acids is 1. The zero-order chi connectivity index (χ0) is 12.3. The van der Waals surface area contributed by atoms with E-state index < -0.39 is 11.5 Å². The Balaban J connectivity index is 2.45. The molecule has 0 radical (unpaired) electrons. The summed E-state index contributed by atoms with van der Waals surface area (Å²) in [6.45, 7) is 6.77. The molecule has 0 saturated heterocycles. The number of carboxylic acid groups (broad SMARTS) is 1. The van der Waals surface area contributed by atoms with Crippen molar-refractivity contribution in [2.75, 3.05) is 13.6 Å². The van der Waals surface area contributed by atoms with E-state index in [4.69, 9.17) is 5.11 Å². The van der Waals surface area contributed by atoms with Crippen molar-refractivity contribution in [2.45, 2.75) is 52.0 Å². The molecule has 3 nitrogen and oxygen atoms in total. The molecular formula is C13H25NO2. The third kappa shape index (κ3) is 3.21. The average molecular weight is 227 g/mol. The van der Waals surface area contributed by atoms with Gasteiger partial charge in [0.25, 0.3) is 0 Å². The molecule has 0 bridgehead atoms. The first kappa shape index (κ1) is 13.5. The Labute approximate surface area is 98.8 Å². The van der Waals surface area contributed by atoms with Crippen LogP contribution in [0.25, 0.3) is 0 Å². The molecule has 1 rings (SSSR count). The molecule has 0 aromatic carbocycles. The van der Waals surface area contributed by atoms with Gasteiger partial charge < -0.3 is 5.11 Å². The maximum atomic E-state index is 11.1. The summed E-state index contributed by atoms with van der Waals surface area (Å²) in [7, 11) is 1.92. The molecule has 0 atom stereocenters. The van der Waals surface area contributed by atoms with Crippen LogP contribution in [0.1, 0.15) is 46.5 Å². The van der Waals surface area contributed by atoms with Gasteiger partial charge in [0.15, 0.2) is 0 Å². The van der Waals surface area contributed by atoms with Gasteiger partial charge in [-0.1, -0.05) is 19.8 Å². The van der Waals surface area contributed by atoms with Crippen molar-refractivity contribution in [3.8, 4) is 0 Å². The van der Waals surface area contributed by atoms with Crippen LogP contribution < -0.4 is 0 Å². The first-order chi connectivity index (χ1) is 7.34. The van der Waals surface area contributed by atoms with Gasteiger partial charge in [-0.2, -0.15) is 0 Å². The average Bonchev–Trinajstić information content (AvgIpc) is 2.21. The van der Waals surface area contributed by atoms with Crippen LogP contribution in [-0.2, 0) is 4.79 Å². The molecule has 0 aromatic heterocycles. The fraction of sp³-hybridized carbons (Fsp3) is 0.923. The van der Waals surface area contributed by atoms with Gasteiger partial charge in [-0.15, -0.1) is 0 Å². The molecule has 0 aromatic rings. The third-order valence-electron chi connectivity index (χ3n) is 4.15. The van der Waals surface area contributed by atoms with E-state index in [1.807, 2.05) is 11.9 Å². The first-order valence-electron chi connectivity index (χ1n) is 6.28. The van der Waals surface area contributed by atoms with E-state index in [1.54, 1.807) is 13.8 Å². The quantitative estimate of drug-likeness (QED) is 0.802. The van der Waals surface area contributed by atoms with E-state index in [1.165, 1.54) is 25.7 Å². The highest BCUT2D eigenvalue weighted by atomic mass is 16.4. The molecule has 0 amide bonds. The fourth-order valence-corrected chi connectivity index (χ4v) is 2.29. The van der Waals surface area contributed by atoms with Gasteiger partial charge in [-0.3, -0.25) is 9.69 Å². The van der Waals surface area contributed by atoms with Gasteiger partial charge in [0.05, 0.1) is 0 Å². The summed E-state index contributed by atoms with van der Waals surface area (Å²) in [6, 6.07) is 0. The molecule has 0 spiro atoms. The zero-order valence-corrected chi connectivity index (χ0v) is 11.0. The molecule has 0 unspecified atom stereocenters. The second-order valence-corrected chi connectivity index (χ2v) is 5.87. The smallest absolute Gasteiger partial charge is 0.323 e. The minimum atomic E-state index is -0.747. The lowest BCUT2D eigenvalue weighted by atomic mass is 9.82. The van der Waals surface area contributed by atoms with Gasteiger partial charge in [0, 0.05) is 6.54 Å². The Kier molecular flexibility index (Phi) is 4.36. The summed E-state index contributed by atoms with van der Waals surface area (Å²) < 4.78 is 0. The number of rotatable bonds is 4. The normalized spacial score (nSPS) is 27.1. The van der Waals surface area contributed by atoms with Gasteiger partial charge >= 0.3 is 5.97 Å². The summed E-state index contributed by atoms with van der Waals surface area (Å²) in [6.07, 6.45) is 5.10. The lowest BCUT2D eigenvalue weighted by Gasteiger charge is -2.36. The Bertz CT molecular complexity index is 242. The third-order valence-corrected chi connectivity index (χ3v) is 4.15. The van der Waals surface area contributed by atoms with E-state index in [0.717, 1.165) is 12.5 Å². The maximum Gasteiger partial charge on any atom is 0.323 e. The number of carboxylic acids is 1. The molecule has 1 aliphatic carbocycles. The van der Waals surface area contributed by atoms with Crippen molar-refractivity contribution in [3.63, 3.8) is 0 Å². The van der Waals surface area contributed by atoms with E-state index in [2.05, 4.69) is 6.92 Å². The molecule has 1 fully saturated rings. The predicted octanol–water partition coefficient (Wildman–Crippen LogP) is 2.61. The molecule has 94 valence electrons. The van der Waals surface area contributed by atoms with E-state index >= 15 is 0 Å². The monoisotopic (exact) mass is 227 g/mol. The van der Waals surface area contributed by atoms with Gasteiger partial charge in [-0.05, 0) is 45.6 Å². The van der Waals surface area contributed by atoms with Gasteiger partial charge in [0.2, 0.25) is 0 Å². The number of carbonyl (C=O) groups is 1. The Morgan fingerprint density at radius 1 is 1.31 bits per heavy atom. The van der Waals surface area contributed by atoms with Crippen molar-refractivity contribution >= 4 is 5.97 Å². The van der Waals surface area contributed by atoms with E-state index in [9.17, 15) is 4.79 Å². The van der Waals surface area contributed by atoms with Crippen LogP contribution >= 0.6 is 0 Å². The Morgan fingerprint density at radius 2 is 1.81 bits per heavy atom. The van der Waals surface area contributed by atoms with Crippen molar-refractivity contribution in [1.29, 1.82) is 0 Å². The number of likely N-dealkylation sites (N-methyl/N-ethyl adjacent to an activating group) is 1. The van der Waals surface area contributed by atoms with Crippen LogP contribution in [0.4, 0.5) is 0 Å². The summed E-state index contributed by atoms with van der Waals surface area (Å²) >= 11 is 0. The van der Waals surface area contributed by atoms with Crippen LogP contribution in [0.2, 0.25) is 0 Å². The highest BCUT2D eigenvalue weighted by Gasteiger charge is 2.33. The van der Waals surface area contributed by atoms with Crippen LogP contribution in [0, 0.1) is 11.8 Å². The zero-order valence-electron chi connectivity index (χ0n) is 11.0. The van der Waals surface area contributed by atoms with Crippen LogP contribution in [0.15, 0.2) is 0 Å². The second kappa shape index (κ2) is 5.17. The number of hydrogen-bond acceptors (Lipinski definition) is 2. The topological polar surface area (TPSA) is 40.5 Å². The molecular weight excluding hydrogens is 202 g/mol. The highest BCUT2D eigenvalue weighted by molar-refractivity contribution is 5.77. The number of nitrogens with zero attached hydrogens (tertiary/aromatic N) is 1.